The molecule has 1 aliphatic heterocycles. The van der Waals surface area contributed by atoms with Crippen LogP contribution in [0, 0.1) is 13.8 Å². The second-order valence-corrected chi connectivity index (χ2v) is 5.62. The largest absolute Gasteiger partial charge is 0.347 e. The van der Waals surface area contributed by atoms with Crippen LogP contribution in [0.3, 0.4) is 0 Å². The number of piperidine rings is 1. The van der Waals surface area contributed by atoms with E-state index in [2.05, 4.69) is 17.6 Å². The van der Waals surface area contributed by atoms with Crippen molar-refractivity contribution in [3.63, 3.8) is 0 Å². The maximum Gasteiger partial charge on any atom is 0.261 e. The van der Waals surface area contributed by atoms with Gasteiger partial charge in [-0.15, -0.1) is 11.3 Å². The lowest BCUT2D eigenvalue weighted by atomic mass is 10.1. The van der Waals surface area contributed by atoms with E-state index in [0.717, 1.165) is 30.8 Å². The summed E-state index contributed by atoms with van der Waals surface area (Å²) in [5.74, 6) is 0.0786. The third-order valence-electron chi connectivity index (χ3n) is 3.02. The van der Waals surface area contributed by atoms with Gasteiger partial charge in [-0.05, 0) is 44.9 Å². The van der Waals surface area contributed by atoms with E-state index in [1.54, 1.807) is 11.3 Å². The molecule has 1 fully saturated rings. The number of rotatable bonds is 2. The lowest BCUT2D eigenvalue weighted by Crippen LogP contribution is -2.45. The van der Waals surface area contributed by atoms with Crippen molar-refractivity contribution < 1.29 is 4.79 Å². The van der Waals surface area contributed by atoms with Crippen LogP contribution in [0.2, 0.25) is 0 Å². The van der Waals surface area contributed by atoms with Crippen LogP contribution < -0.4 is 10.6 Å². The van der Waals surface area contributed by atoms with Crippen molar-refractivity contribution in [3.05, 3.63) is 21.4 Å². The van der Waals surface area contributed by atoms with Crippen LogP contribution in [0.1, 0.15) is 33.0 Å². The van der Waals surface area contributed by atoms with Gasteiger partial charge in [-0.3, -0.25) is 4.79 Å². The highest BCUT2D eigenvalue weighted by Gasteiger charge is 2.17. The van der Waals surface area contributed by atoms with Crippen LogP contribution in [0.4, 0.5) is 0 Å². The highest BCUT2D eigenvalue weighted by molar-refractivity contribution is 7.14. The van der Waals surface area contributed by atoms with E-state index in [-0.39, 0.29) is 5.91 Å². The quantitative estimate of drug-likeness (QED) is 0.825. The van der Waals surface area contributed by atoms with Gasteiger partial charge in [0, 0.05) is 17.5 Å². The zero-order valence-electron chi connectivity index (χ0n) is 9.80. The Morgan fingerprint density at radius 3 is 2.94 bits per heavy atom. The number of aryl methyl sites for hydroxylation is 2. The maximum atomic E-state index is 11.9. The predicted octanol–water partition coefficient (Wildman–Crippen LogP) is 1.85. The van der Waals surface area contributed by atoms with Crippen molar-refractivity contribution in [1.82, 2.24) is 10.6 Å². The summed E-state index contributed by atoms with van der Waals surface area (Å²) in [6, 6.07) is 2.27. The number of nitrogens with one attached hydrogen (secondary N) is 2. The molecule has 0 unspecified atom stereocenters. The molecule has 1 saturated heterocycles. The highest BCUT2D eigenvalue weighted by atomic mass is 32.1. The van der Waals surface area contributed by atoms with Gasteiger partial charge in [0.05, 0.1) is 4.88 Å². The molecule has 1 aromatic heterocycles. The molecule has 0 saturated carbocycles. The Bertz CT molecular complexity index is 361. The first-order valence-electron chi connectivity index (χ1n) is 5.75. The number of carbonyl (C=O) groups is 1. The standard InChI is InChI=1S/C12H18N2OS/c1-8-6-11(16-9(8)2)12(15)14-10-4-3-5-13-7-10/h6,10,13H,3-5,7H2,1-2H3,(H,14,15)/t10-/m0/s1. The van der Waals surface area contributed by atoms with Crippen molar-refractivity contribution in [2.75, 3.05) is 13.1 Å². The van der Waals surface area contributed by atoms with E-state index in [9.17, 15) is 4.79 Å². The molecule has 2 N–H and O–H groups in total. The summed E-state index contributed by atoms with van der Waals surface area (Å²) >= 11 is 1.58. The van der Waals surface area contributed by atoms with Crippen LogP contribution >= 0.6 is 11.3 Å². The molecule has 88 valence electrons. The number of thiophene rings is 1. The zero-order chi connectivity index (χ0) is 11.5. The minimum atomic E-state index is 0.0786. The van der Waals surface area contributed by atoms with Gasteiger partial charge < -0.3 is 10.6 Å². The van der Waals surface area contributed by atoms with Crippen LogP contribution in [-0.4, -0.2) is 25.0 Å². The lowest BCUT2D eigenvalue weighted by molar-refractivity contribution is 0.0935. The van der Waals surface area contributed by atoms with Gasteiger partial charge in [0.1, 0.15) is 0 Å². The molecule has 0 spiro atoms. The molecule has 0 aromatic carbocycles. The number of hydrogen-bond acceptors (Lipinski definition) is 3. The van der Waals surface area contributed by atoms with Crippen molar-refractivity contribution in [2.24, 2.45) is 0 Å². The summed E-state index contributed by atoms with van der Waals surface area (Å²) in [6.07, 6.45) is 2.23. The van der Waals surface area contributed by atoms with E-state index in [1.165, 1.54) is 10.4 Å². The fourth-order valence-corrected chi connectivity index (χ4v) is 2.85. The minimum absolute atomic E-state index is 0.0786. The molecule has 3 nitrogen and oxygen atoms in total. The second-order valence-electron chi connectivity index (χ2n) is 4.37. The van der Waals surface area contributed by atoms with Crippen molar-refractivity contribution in [3.8, 4) is 0 Å². The molecule has 4 heteroatoms. The summed E-state index contributed by atoms with van der Waals surface area (Å²) in [4.78, 5) is 14.0. The summed E-state index contributed by atoms with van der Waals surface area (Å²) in [6.45, 7) is 6.07. The van der Waals surface area contributed by atoms with Gasteiger partial charge in [-0.1, -0.05) is 0 Å². The van der Waals surface area contributed by atoms with Gasteiger partial charge in [-0.25, -0.2) is 0 Å². The van der Waals surface area contributed by atoms with Gasteiger partial charge >= 0.3 is 0 Å². The first-order chi connectivity index (χ1) is 7.66. The van der Waals surface area contributed by atoms with E-state index < -0.39 is 0 Å². The summed E-state index contributed by atoms with van der Waals surface area (Å²) < 4.78 is 0. The molecule has 1 atom stereocenters. The molecule has 1 amide bonds. The Morgan fingerprint density at radius 1 is 1.56 bits per heavy atom. The van der Waals surface area contributed by atoms with Crippen molar-refractivity contribution >= 4 is 17.2 Å². The molecule has 2 heterocycles. The Balaban J connectivity index is 1.96. The molecular formula is C12H18N2OS. The second kappa shape index (κ2) is 4.97. The van der Waals surface area contributed by atoms with Crippen LogP contribution in [0.25, 0.3) is 0 Å². The Morgan fingerprint density at radius 2 is 2.38 bits per heavy atom. The van der Waals surface area contributed by atoms with Gasteiger partial charge in [-0.2, -0.15) is 0 Å². The Labute approximate surface area is 100 Å². The third kappa shape index (κ3) is 2.62. The van der Waals surface area contributed by atoms with Crippen LogP contribution in [0.5, 0.6) is 0 Å². The lowest BCUT2D eigenvalue weighted by Gasteiger charge is -2.23. The highest BCUT2D eigenvalue weighted by Crippen LogP contribution is 2.20. The van der Waals surface area contributed by atoms with Crippen molar-refractivity contribution in [2.45, 2.75) is 32.7 Å². The van der Waals surface area contributed by atoms with Gasteiger partial charge in [0.2, 0.25) is 0 Å². The molecule has 0 aliphatic carbocycles. The molecular weight excluding hydrogens is 220 g/mol. The Hall–Kier alpha value is -0.870. The normalized spacial score (nSPS) is 20.8. The topological polar surface area (TPSA) is 41.1 Å². The summed E-state index contributed by atoms with van der Waals surface area (Å²) in [5, 5.41) is 6.38. The fraction of sp³-hybridized carbons (Fsp3) is 0.583. The third-order valence-corrected chi connectivity index (χ3v) is 4.17. The molecule has 16 heavy (non-hydrogen) atoms. The molecule has 1 aliphatic rings. The van der Waals surface area contributed by atoms with E-state index in [1.807, 2.05) is 13.0 Å². The van der Waals surface area contributed by atoms with Crippen LogP contribution in [0.15, 0.2) is 6.07 Å². The monoisotopic (exact) mass is 238 g/mol. The number of carbonyl (C=O) groups excluding carboxylic acids is 1. The summed E-state index contributed by atoms with van der Waals surface area (Å²) in [5.41, 5.74) is 1.21. The first-order valence-corrected chi connectivity index (χ1v) is 6.57. The average molecular weight is 238 g/mol. The average Bonchev–Trinajstić information content (AvgIpc) is 2.61. The SMILES string of the molecule is Cc1cc(C(=O)N[C@H]2CCCNC2)sc1C. The maximum absolute atomic E-state index is 11.9. The zero-order valence-corrected chi connectivity index (χ0v) is 10.6. The van der Waals surface area contributed by atoms with Crippen LogP contribution in [-0.2, 0) is 0 Å². The van der Waals surface area contributed by atoms with Gasteiger partial charge in [0.25, 0.3) is 5.91 Å². The Kier molecular flexibility index (Phi) is 3.61. The smallest absolute Gasteiger partial charge is 0.261 e. The summed E-state index contributed by atoms with van der Waals surface area (Å²) in [7, 11) is 0. The van der Waals surface area contributed by atoms with E-state index in [0.29, 0.717) is 6.04 Å². The number of hydrogen-bond donors (Lipinski definition) is 2. The molecule has 0 bridgehead atoms. The molecule has 1 aromatic rings. The van der Waals surface area contributed by atoms with Gasteiger partial charge in [0.15, 0.2) is 0 Å². The van der Waals surface area contributed by atoms with E-state index in [4.69, 9.17) is 0 Å². The fourth-order valence-electron chi connectivity index (χ4n) is 1.92. The number of amides is 1. The van der Waals surface area contributed by atoms with Crippen molar-refractivity contribution in [1.29, 1.82) is 0 Å². The first kappa shape index (κ1) is 11.6. The molecule has 0 radical (unpaired) electrons. The van der Waals surface area contributed by atoms with E-state index >= 15 is 0 Å². The minimum Gasteiger partial charge on any atom is -0.347 e. The predicted molar refractivity (Wildman–Crippen MR) is 67.2 cm³/mol. The molecule has 2 rings (SSSR count).